The molecule has 1 aromatic heterocycles. The molecule has 0 amide bonds. The Labute approximate surface area is 163 Å². The summed E-state index contributed by atoms with van der Waals surface area (Å²) in [6, 6.07) is 4.33. The van der Waals surface area contributed by atoms with Crippen molar-refractivity contribution in [2.45, 2.75) is 33.6 Å². The zero-order chi connectivity index (χ0) is 16.2. The van der Waals surface area contributed by atoms with Crippen LogP contribution in [0.15, 0.2) is 22.5 Å². The lowest BCUT2D eigenvalue weighted by Crippen LogP contribution is -2.43. The van der Waals surface area contributed by atoms with E-state index >= 15 is 0 Å². The topological polar surface area (TPSA) is 39.7 Å². The highest BCUT2D eigenvalue weighted by atomic mass is 127. The molecule has 0 saturated carbocycles. The quantitative estimate of drug-likeness (QED) is 0.325. The smallest absolute Gasteiger partial charge is 0.191 e. The minimum Gasteiger partial charge on any atom is -0.356 e. The molecule has 0 aliphatic carbocycles. The number of hydrogen-bond donors (Lipinski definition) is 2. The lowest BCUT2D eigenvalue weighted by Gasteiger charge is -2.21. The number of rotatable bonds is 10. The van der Waals surface area contributed by atoms with Crippen LogP contribution in [-0.4, -0.2) is 50.6 Å². The van der Waals surface area contributed by atoms with Gasteiger partial charge in [-0.2, -0.15) is 0 Å². The van der Waals surface area contributed by atoms with E-state index in [-0.39, 0.29) is 24.0 Å². The van der Waals surface area contributed by atoms with Gasteiger partial charge in [0.2, 0.25) is 0 Å². The van der Waals surface area contributed by atoms with Crippen molar-refractivity contribution in [3.63, 3.8) is 0 Å². The molecule has 1 atom stereocenters. The van der Waals surface area contributed by atoms with Crippen LogP contribution in [0.1, 0.15) is 32.1 Å². The number of hydrogen-bond acceptors (Lipinski definition) is 3. The molecule has 0 bridgehead atoms. The van der Waals surface area contributed by atoms with Crippen LogP contribution in [0.4, 0.5) is 0 Å². The summed E-state index contributed by atoms with van der Waals surface area (Å²) >= 11 is 1.84. The zero-order valence-electron chi connectivity index (χ0n) is 15.0. The predicted molar refractivity (Wildman–Crippen MR) is 114 cm³/mol. The van der Waals surface area contributed by atoms with E-state index in [0.717, 1.165) is 38.6 Å². The van der Waals surface area contributed by atoms with Gasteiger partial charge in [0.15, 0.2) is 5.96 Å². The lowest BCUT2D eigenvalue weighted by atomic mass is 10.1. The van der Waals surface area contributed by atoms with Crippen LogP contribution in [-0.2, 0) is 6.42 Å². The molecule has 0 spiro atoms. The molecule has 0 saturated heterocycles. The second-order valence-corrected chi connectivity index (χ2v) is 6.74. The van der Waals surface area contributed by atoms with Gasteiger partial charge in [-0.25, -0.2) is 0 Å². The Morgan fingerprint density at radius 1 is 1.30 bits per heavy atom. The van der Waals surface area contributed by atoms with Gasteiger partial charge in [-0.3, -0.25) is 4.99 Å². The molecule has 0 aliphatic rings. The van der Waals surface area contributed by atoms with Crippen LogP contribution in [0, 0.1) is 5.92 Å². The van der Waals surface area contributed by atoms with E-state index in [1.807, 2.05) is 18.4 Å². The number of guanidine groups is 1. The first-order valence-corrected chi connectivity index (χ1v) is 9.26. The Hall–Kier alpha value is -0.340. The predicted octanol–water partition coefficient (Wildman–Crippen LogP) is 3.44. The first-order valence-electron chi connectivity index (χ1n) is 8.38. The molecule has 0 radical (unpaired) electrons. The Bertz CT molecular complexity index is 409. The monoisotopic (exact) mass is 452 g/mol. The Morgan fingerprint density at radius 3 is 2.65 bits per heavy atom. The van der Waals surface area contributed by atoms with E-state index < -0.39 is 0 Å². The van der Waals surface area contributed by atoms with E-state index in [1.165, 1.54) is 17.8 Å². The second kappa shape index (κ2) is 14.0. The molecule has 0 aliphatic heterocycles. The standard InChI is InChI=1S/C17H32N4S.HI/c1-5-10-21(6-2)11-9-19-17(18-4)20-14-15(3)13-16-8-7-12-22-16;/h7-8,12,15H,5-6,9-11,13-14H2,1-4H3,(H2,18,19,20);1H. The lowest BCUT2D eigenvalue weighted by molar-refractivity contribution is 0.293. The van der Waals surface area contributed by atoms with Gasteiger partial charge in [0.1, 0.15) is 0 Å². The molecule has 0 fully saturated rings. The number of thiophene rings is 1. The van der Waals surface area contributed by atoms with E-state index in [2.05, 4.69) is 58.8 Å². The Kier molecular flexibility index (Phi) is 13.8. The first-order chi connectivity index (χ1) is 10.7. The highest BCUT2D eigenvalue weighted by Gasteiger charge is 2.06. The molecule has 1 heterocycles. The highest BCUT2D eigenvalue weighted by Crippen LogP contribution is 2.13. The molecule has 2 N–H and O–H groups in total. The van der Waals surface area contributed by atoms with Crippen molar-refractivity contribution in [2.75, 3.05) is 39.8 Å². The molecular formula is C17H33IN4S. The van der Waals surface area contributed by atoms with Crippen molar-refractivity contribution >= 4 is 41.3 Å². The average molecular weight is 452 g/mol. The minimum absolute atomic E-state index is 0. The molecule has 1 rings (SSSR count). The first kappa shape index (κ1) is 22.7. The van der Waals surface area contributed by atoms with E-state index in [1.54, 1.807) is 0 Å². The summed E-state index contributed by atoms with van der Waals surface area (Å²) in [6.07, 6.45) is 2.34. The van der Waals surface area contributed by atoms with Crippen LogP contribution in [0.3, 0.4) is 0 Å². The third-order valence-electron chi connectivity index (χ3n) is 3.68. The number of halogens is 1. The van der Waals surface area contributed by atoms with Crippen molar-refractivity contribution in [1.82, 2.24) is 15.5 Å². The van der Waals surface area contributed by atoms with E-state index in [4.69, 9.17) is 0 Å². The van der Waals surface area contributed by atoms with Crippen molar-refractivity contribution in [3.8, 4) is 0 Å². The van der Waals surface area contributed by atoms with Gasteiger partial charge >= 0.3 is 0 Å². The maximum atomic E-state index is 4.30. The highest BCUT2D eigenvalue weighted by molar-refractivity contribution is 14.0. The van der Waals surface area contributed by atoms with Crippen molar-refractivity contribution in [2.24, 2.45) is 10.9 Å². The summed E-state index contributed by atoms with van der Waals surface area (Å²) in [6.45, 7) is 12.0. The molecule has 4 nitrogen and oxygen atoms in total. The molecular weight excluding hydrogens is 419 g/mol. The van der Waals surface area contributed by atoms with Crippen molar-refractivity contribution in [3.05, 3.63) is 22.4 Å². The van der Waals surface area contributed by atoms with Gasteiger partial charge in [0, 0.05) is 31.6 Å². The normalized spacial score (nSPS) is 12.8. The summed E-state index contributed by atoms with van der Waals surface area (Å²) in [5.74, 6) is 1.51. The summed E-state index contributed by atoms with van der Waals surface area (Å²) in [4.78, 5) is 8.22. The molecule has 6 heteroatoms. The van der Waals surface area contributed by atoms with Crippen molar-refractivity contribution in [1.29, 1.82) is 0 Å². The Morgan fingerprint density at radius 2 is 2.09 bits per heavy atom. The number of nitrogens with zero attached hydrogens (tertiary/aromatic N) is 2. The molecule has 134 valence electrons. The van der Waals surface area contributed by atoms with Crippen LogP contribution in [0.5, 0.6) is 0 Å². The summed E-state index contributed by atoms with van der Waals surface area (Å²) in [5, 5.41) is 8.98. The maximum absolute atomic E-state index is 4.30. The van der Waals surface area contributed by atoms with Crippen LogP contribution in [0.25, 0.3) is 0 Å². The SMILES string of the molecule is CCCN(CC)CCNC(=NC)NCC(C)Cc1cccs1.I. The zero-order valence-corrected chi connectivity index (χ0v) is 18.1. The van der Waals surface area contributed by atoms with Gasteiger partial charge < -0.3 is 15.5 Å². The summed E-state index contributed by atoms with van der Waals surface area (Å²) in [5.41, 5.74) is 0. The fraction of sp³-hybridized carbons (Fsp3) is 0.706. The van der Waals surface area contributed by atoms with Gasteiger partial charge in [-0.15, -0.1) is 35.3 Å². The molecule has 23 heavy (non-hydrogen) atoms. The van der Waals surface area contributed by atoms with Crippen LogP contribution < -0.4 is 10.6 Å². The van der Waals surface area contributed by atoms with Crippen molar-refractivity contribution < 1.29 is 0 Å². The minimum atomic E-state index is 0. The second-order valence-electron chi connectivity index (χ2n) is 5.70. The number of likely N-dealkylation sites (N-methyl/N-ethyl adjacent to an activating group) is 1. The van der Waals surface area contributed by atoms with Gasteiger partial charge in [-0.05, 0) is 43.3 Å². The van der Waals surface area contributed by atoms with Gasteiger partial charge in [-0.1, -0.05) is 26.8 Å². The number of nitrogens with one attached hydrogen (secondary N) is 2. The largest absolute Gasteiger partial charge is 0.356 e. The third kappa shape index (κ3) is 10.2. The fourth-order valence-corrected chi connectivity index (χ4v) is 3.28. The van der Waals surface area contributed by atoms with Crippen LogP contribution >= 0.6 is 35.3 Å². The van der Waals surface area contributed by atoms with E-state index in [9.17, 15) is 0 Å². The molecule has 0 aromatic carbocycles. The number of aliphatic imine (C=N–C) groups is 1. The maximum Gasteiger partial charge on any atom is 0.191 e. The van der Waals surface area contributed by atoms with Crippen LogP contribution in [0.2, 0.25) is 0 Å². The fourth-order valence-electron chi connectivity index (χ4n) is 2.41. The molecule has 1 aromatic rings. The average Bonchev–Trinajstić information content (AvgIpc) is 3.02. The molecule has 1 unspecified atom stereocenters. The third-order valence-corrected chi connectivity index (χ3v) is 4.58. The van der Waals surface area contributed by atoms with Gasteiger partial charge in [0.25, 0.3) is 0 Å². The Balaban J connectivity index is 0.00000484. The summed E-state index contributed by atoms with van der Waals surface area (Å²) < 4.78 is 0. The van der Waals surface area contributed by atoms with E-state index in [0.29, 0.717) is 5.92 Å². The van der Waals surface area contributed by atoms with Gasteiger partial charge in [0.05, 0.1) is 0 Å². The summed E-state index contributed by atoms with van der Waals surface area (Å²) in [7, 11) is 1.84.